The largest absolute Gasteiger partial charge is 0.241 e. The third-order valence-electron chi connectivity index (χ3n) is 1.54. The van der Waals surface area contributed by atoms with Crippen molar-refractivity contribution in [1.82, 2.24) is 9.97 Å². The number of rotatable bonds is 2. The van der Waals surface area contributed by atoms with E-state index in [9.17, 15) is 0 Å². The van der Waals surface area contributed by atoms with Crippen molar-refractivity contribution in [2.24, 2.45) is 5.92 Å². The Morgan fingerprint density at radius 3 is 2.82 bits per heavy atom. The van der Waals surface area contributed by atoms with Crippen LogP contribution in [0.3, 0.4) is 0 Å². The fourth-order valence-corrected chi connectivity index (χ4v) is 0.978. The molecule has 11 heavy (non-hydrogen) atoms. The predicted octanol–water partition coefficient (Wildman–Crippen LogP) is 1.78. The SMILES string of the molecule is Cc1[c]ncnc1CC(C)C. The lowest BCUT2D eigenvalue weighted by Crippen LogP contribution is -2.00. The Morgan fingerprint density at radius 2 is 2.27 bits per heavy atom. The molecule has 0 aliphatic carbocycles. The quantitative estimate of drug-likeness (QED) is 0.640. The van der Waals surface area contributed by atoms with E-state index in [-0.39, 0.29) is 0 Å². The minimum absolute atomic E-state index is 0.650. The highest BCUT2D eigenvalue weighted by Gasteiger charge is 2.01. The second-order valence-corrected chi connectivity index (χ2v) is 3.16. The second-order valence-electron chi connectivity index (χ2n) is 3.16. The topological polar surface area (TPSA) is 25.8 Å². The van der Waals surface area contributed by atoms with E-state index in [1.807, 2.05) is 6.92 Å². The summed E-state index contributed by atoms with van der Waals surface area (Å²) < 4.78 is 0. The van der Waals surface area contributed by atoms with Crippen LogP contribution in [0.1, 0.15) is 25.1 Å². The predicted molar refractivity (Wildman–Crippen MR) is 44.1 cm³/mol. The van der Waals surface area contributed by atoms with E-state index in [1.165, 1.54) is 0 Å². The molecule has 1 heterocycles. The summed E-state index contributed by atoms with van der Waals surface area (Å²) in [6.45, 7) is 6.36. The summed E-state index contributed by atoms with van der Waals surface area (Å²) in [7, 11) is 0. The number of aryl methyl sites for hydroxylation is 1. The van der Waals surface area contributed by atoms with Gasteiger partial charge in [-0.1, -0.05) is 13.8 Å². The van der Waals surface area contributed by atoms with Crippen LogP contribution in [0.25, 0.3) is 0 Å². The lowest BCUT2D eigenvalue weighted by molar-refractivity contribution is 0.630. The molecule has 59 valence electrons. The van der Waals surface area contributed by atoms with Gasteiger partial charge in [-0.2, -0.15) is 0 Å². The van der Waals surface area contributed by atoms with Crippen molar-refractivity contribution in [1.29, 1.82) is 0 Å². The maximum Gasteiger partial charge on any atom is 0.116 e. The Morgan fingerprint density at radius 1 is 1.55 bits per heavy atom. The average molecular weight is 149 g/mol. The van der Waals surface area contributed by atoms with Crippen molar-refractivity contribution < 1.29 is 0 Å². The van der Waals surface area contributed by atoms with Crippen molar-refractivity contribution in [2.45, 2.75) is 27.2 Å². The summed E-state index contributed by atoms with van der Waals surface area (Å²) in [6.07, 6.45) is 5.47. The van der Waals surface area contributed by atoms with Gasteiger partial charge in [0.25, 0.3) is 0 Å². The molecule has 0 unspecified atom stereocenters. The van der Waals surface area contributed by atoms with Crippen LogP contribution in [0.5, 0.6) is 0 Å². The molecule has 0 saturated heterocycles. The number of hydrogen-bond donors (Lipinski definition) is 0. The van der Waals surface area contributed by atoms with Gasteiger partial charge in [0.05, 0.1) is 6.20 Å². The van der Waals surface area contributed by atoms with Gasteiger partial charge >= 0.3 is 0 Å². The van der Waals surface area contributed by atoms with Crippen LogP contribution < -0.4 is 0 Å². The molecule has 1 radical (unpaired) electrons. The Hall–Kier alpha value is -0.920. The molecule has 0 aliphatic heterocycles. The molecule has 1 aromatic heterocycles. The summed E-state index contributed by atoms with van der Waals surface area (Å²) in [5.41, 5.74) is 2.19. The van der Waals surface area contributed by atoms with Crippen LogP contribution in [0.4, 0.5) is 0 Å². The van der Waals surface area contributed by atoms with Gasteiger partial charge in [-0.3, -0.25) is 0 Å². The number of hydrogen-bond acceptors (Lipinski definition) is 2. The molecule has 0 spiro atoms. The fourth-order valence-electron chi connectivity index (χ4n) is 0.978. The standard InChI is InChI=1S/C9H13N2/c1-7(2)4-9-8(3)5-10-6-11-9/h6-7H,4H2,1-3H3. The van der Waals surface area contributed by atoms with Crippen LogP contribution >= 0.6 is 0 Å². The lowest BCUT2D eigenvalue weighted by atomic mass is 10.1. The second kappa shape index (κ2) is 3.46. The zero-order chi connectivity index (χ0) is 8.27. The summed E-state index contributed by atoms with van der Waals surface area (Å²) in [5.74, 6) is 0.650. The minimum atomic E-state index is 0.650. The van der Waals surface area contributed by atoms with E-state index in [0.29, 0.717) is 5.92 Å². The maximum absolute atomic E-state index is 4.18. The molecule has 0 bridgehead atoms. The van der Waals surface area contributed by atoms with E-state index >= 15 is 0 Å². The van der Waals surface area contributed by atoms with E-state index < -0.39 is 0 Å². The van der Waals surface area contributed by atoms with Crippen molar-refractivity contribution in [3.63, 3.8) is 0 Å². The van der Waals surface area contributed by atoms with Gasteiger partial charge in [0.2, 0.25) is 0 Å². The molecular weight excluding hydrogens is 136 g/mol. The molecule has 2 nitrogen and oxygen atoms in total. The molecule has 0 aliphatic rings. The first-order valence-corrected chi connectivity index (χ1v) is 3.88. The van der Waals surface area contributed by atoms with Crippen molar-refractivity contribution >= 4 is 0 Å². The maximum atomic E-state index is 4.18. The Bertz CT molecular complexity index is 231. The Kier molecular flexibility index (Phi) is 2.58. The number of nitrogens with zero attached hydrogens (tertiary/aromatic N) is 2. The molecular formula is C9H13N2. The van der Waals surface area contributed by atoms with Crippen LogP contribution in [0, 0.1) is 19.0 Å². The van der Waals surface area contributed by atoms with Gasteiger partial charge in [-0.15, -0.1) is 0 Å². The highest BCUT2D eigenvalue weighted by Crippen LogP contribution is 2.07. The molecule has 1 aromatic rings. The number of aromatic nitrogens is 2. The van der Waals surface area contributed by atoms with E-state index in [1.54, 1.807) is 6.33 Å². The normalized spacial score (nSPS) is 10.5. The first kappa shape index (κ1) is 8.18. The molecule has 2 heteroatoms. The minimum Gasteiger partial charge on any atom is -0.241 e. The summed E-state index contributed by atoms with van der Waals surface area (Å²) in [5, 5.41) is 0. The van der Waals surface area contributed by atoms with Gasteiger partial charge in [-0.25, -0.2) is 9.97 Å². The molecule has 0 N–H and O–H groups in total. The summed E-state index contributed by atoms with van der Waals surface area (Å²) in [4.78, 5) is 7.99. The van der Waals surface area contributed by atoms with Gasteiger partial charge in [0.15, 0.2) is 0 Å². The van der Waals surface area contributed by atoms with Gasteiger partial charge < -0.3 is 0 Å². The van der Waals surface area contributed by atoms with Crippen LogP contribution in [-0.4, -0.2) is 9.97 Å². The monoisotopic (exact) mass is 149 g/mol. The fraction of sp³-hybridized carbons (Fsp3) is 0.556. The van der Waals surface area contributed by atoms with Gasteiger partial charge in [0.1, 0.15) is 6.33 Å². The van der Waals surface area contributed by atoms with E-state index in [4.69, 9.17) is 0 Å². The molecule has 0 amide bonds. The van der Waals surface area contributed by atoms with Crippen LogP contribution in [-0.2, 0) is 6.42 Å². The molecule has 0 fully saturated rings. The molecule has 0 atom stereocenters. The van der Waals surface area contributed by atoms with Gasteiger partial charge in [0, 0.05) is 5.69 Å². The zero-order valence-corrected chi connectivity index (χ0v) is 7.26. The molecule has 1 rings (SSSR count). The van der Waals surface area contributed by atoms with Crippen LogP contribution in [0.2, 0.25) is 0 Å². The smallest absolute Gasteiger partial charge is 0.116 e. The molecule has 0 aromatic carbocycles. The summed E-state index contributed by atoms with van der Waals surface area (Å²) >= 11 is 0. The summed E-state index contributed by atoms with van der Waals surface area (Å²) in [6, 6.07) is 0. The Balaban J connectivity index is 2.78. The third kappa shape index (κ3) is 2.30. The third-order valence-corrected chi connectivity index (χ3v) is 1.54. The van der Waals surface area contributed by atoms with E-state index in [2.05, 4.69) is 30.0 Å². The molecule has 0 saturated carbocycles. The van der Waals surface area contributed by atoms with Crippen molar-refractivity contribution in [3.8, 4) is 0 Å². The van der Waals surface area contributed by atoms with Gasteiger partial charge in [-0.05, 0) is 24.8 Å². The van der Waals surface area contributed by atoms with Crippen LogP contribution in [0.15, 0.2) is 6.33 Å². The lowest BCUT2D eigenvalue weighted by Gasteiger charge is -2.04. The van der Waals surface area contributed by atoms with Crippen molar-refractivity contribution in [2.75, 3.05) is 0 Å². The first-order valence-electron chi connectivity index (χ1n) is 3.88. The van der Waals surface area contributed by atoms with Crippen molar-refractivity contribution in [3.05, 3.63) is 23.8 Å². The first-order chi connectivity index (χ1) is 5.20. The average Bonchev–Trinajstić information content (AvgIpc) is 1.93. The van der Waals surface area contributed by atoms with E-state index in [0.717, 1.165) is 17.7 Å². The Labute approximate surface area is 67.7 Å². The highest BCUT2D eigenvalue weighted by molar-refractivity contribution is 5.12. The zero-order valence-electron chi connectivity index (χ0n) is 7.26. The highest BCUT2D eigenvalue weighted by atomic mass is 14.8.